The van der Waals surface area contributed by atoms with Crippen molar-refractivity contribution in [2.75, 3.05) is 32.1 Å². The van der Waals surface area contributed by atoms with Crippen LogP contribution in [0.3, 0.4) is 0 Å². The molecule has 1 aliphatic rings. The molecular formula is C11H24N2S. The van der Waals surface area contributed by atoms with Crippen molar-refractivity contribution in [2.24, 2.45) is 0 Å². The van der Waals surface area contributed by atoms with Crippen molar-refractivity contribution >= 4 is 11.8 Å². The summed E-state index contributed by atoms with van der Waals surface area (Å²) in [7, 11) is 2.08. The van der Waals surface area contributed by atoms with Gasteiger partial charge in [0.15, 0.2) is 0 Å². The van der Waals surface area contributed by atoms with Gasteiger partial charge in [0.2, 0.25) is 0 Å². The molecule has 0 aromatic rings. The highest BCUT2D eigenvalue weighted by Gasteiger charge is 2.20. The van der Waals surface area contributed by atoms with Crippen molar-refractivity contribution in [1.82, 2.24) is 10.2 Å². The summed E-state index contributed by atoms with van der Waals surface area (Å²) in [5, 5.41) is 3.38. The molecule has 0 aromatic heterocycles. The minimum absolute atomic E-state index is 0.763. The largest absolute Gasteiger partial charge is 0.317 e. The van der Waals surface area contributed by atoms with Gasteiger partial charge in [0, 0.05) is 12.1 Å². The number of rotatable bonds is 5. The van der Waals surface area contributed by atoms with Crippen LogP contribution in [0.5, 0.6) is 0 Å². The van der Waals surface area contributed by atoms with Crippen molar-refractivity contribution in [3.05, 3.63) is 0 Å². The van der Waals surface area contributed by atoms with Crippen LogP contribution in [-0.4, -0.2) is 49.1 Å². The van der Waals surface area contributed by atoms with Gasteiger partial charge in [-0.05, 0) is 58.3 Å². The molecule has 0 amide bonds. The van der Waals surface area contributed by atoms with Crippen LogP contribution in [0.1, 0.15) is 26.2 Å². The highest BCUT2D eigenvalue weighted by molar-refractivity contribution is 7.98. The lowest BCUT2D eigenvalue weighted by atomic mass is 10.0. The predicted molar refractivity (Wildman–Crippen MR) is 66.1 cm³/mol. The smallest absolute Gasteiger partial charge is 0.00884 e. The molecule has 1 rings (SSSR count). The molecular weight excluding hydrogens is 192 g/mol. The summed E-state index contributed by atoms with van der Waals surface area (Å²) in [5.41, 5.74) is 0. The molecule has 0 aliphatic carbocycles. The minimum atomic E-state index is 0.763. The molecule has 0 bridgehead atoms. The minimum Gasteiger partial charge on any atom is -0.317 e. The van der Waals surface area contributed by atoms with Crippen LogP contribution in [0.4, 0.5) is 0 Å². The van der Waals surface area contributed by atoms with Crippen molar-refractivity contribution in [3.63, 3.8) is 0 Å². The molecule has 1 fully saturated rings. The quantitative estimate of drug-likeness (QED) is 0.754. The third-order valence-corrected chi connectivity index (χ3v) is 3.94. The molecule has 1 N–H and O–H groups in total. The maximum Gasteiger partial charge on any atom is 0.00884 e. The number of thioether (sulfide) groups is 1. The maximum absolute atomic E-state index is 3.38. The van der Waals surface area contributed by atoms with E-state index in [0.29, 0.717) is 0 Å². The first-order valence-electron chi connectivity index (χ1n) is 5.68. The van der Waals surface area contributed by atoms with E-state index >= 15 is 0 Å². The Morgan fingerprint density at radius 2 is 2.07 bits per heavy atom. The summed E-state index contributed by atoms with van der Waals surface area (Å²) in [6.45, 7) is 4.93. The van der Waals surface area contributed by atoms with Crippen molar-refractivity contribution in [1.29, 1.82) is 0 Å². The second-order valence-corrected chi connectivity index (χ2v) is 5.22. The second kappa shape index (κ2) is 6.70. The van der Waals surface area contributed by atoms with E-state index in [4.69, 9.17) is 0 Å². The summed E-state index contributed by atoms with van der Waals surface area (Å²) in [6.07, 6.45) is 6.17. The summed E-state index contributed by atoms with van der Waals surface area (Å²) >= 11 is 1.96. The van der Waals surface area contributed by atoms with Crippen LogP contribution in [0, 0.1) is 0 Å². The SMILES string of the molecule is CNC1CCN(C(C)CCSC)CC1. The molecule has 1 atom stereocenters. The van der Waals surface area contributed by atoms with E-state index in [-0.39, 0.29) is 0 Å². The number of piperidine rings is 1. The third kappa shape index (κ3) is 3.79. The third-order valence-electron chi connectivity index (χ3n) is 3.30. The van der Waals surface area contributed by atoms with Gasteiger partial charge in [0.25, 0.3) is 0 Å². The highest BCUT2D eigenvalue weighted by Crippen LogP contribution is 2.15. The lowest BCUT2D eigenvalue weighted by molar-refractivity contribution is 0.152. The Bertz CT molecular complexity index is 144. The molecule has 1 unspecified atom stereocenters. The van der Waals surface area contributed by atoms with Crippen molar-refractivity contribution < 1.29 is 0 Å². The van der Waals surface area contributed by atoms with E-state index in [2.05, 4.69) is 30.4 Å². The van der Waals surface area contributed by atoms with Crippen molar-refractivity contribution in [3.8, 4) is 0 Å². The van der Waals surface area contributed by atoms with Gasteiger partial charge in [-0.15, -0.1) is 0 Å². The van der Waals surface area contributed by atoms with Crippen LogP contribution < -0.4 is 5.32 Å². The van der Waals surface area contributed by atoms with E-state index in [9.17, 15) is 0 Å². The Morgan fingerprint density at radius 1 is 1.43 bits per heavy atom. The van der Waals surface area contributed by atoms with E-state index < -0.39 is 0 Å². The lowest BCUT2D eigenvalue weighted by Gasteiger charge is -2.35. The summed E-state index contributed by atoms with van der Waals surface area (Å²) in [6, 6.07) is 1.54. The fourth-order valence-corrected chi connectivity index (χ4v) is 2.68. The Hall–Kier alpha value is 0.270. The molecule has 0 saturated carbocycles. The van der Waals surface area contributed by atoms with Crippen molar-refractivity contribution in [2.45, 2.75) is 38.3 Å². The second-order valence-electron chi connectivity index (χ2n) is 4.23. The number of nitrogens with one attached hydrogen (secondary N) is 1. The Kier molecular flexibility index (Phi) is 5.90. The maximum atomic E-state index is 3.38. The molecule has 14 heavy (non-hydrogen) atoms. The Morgan fingerprint density at radius 3 is 2.57 bits per heavy atom. The van der Waals surface area contributed by atoms with Gasteiger partial charge in [-0.1, -0.05) is 0 Å². The molecule has 3 heteroatoms. The van der Waals surface area contributed by atoms with E-state index in [1.807, 2.05) is 11.8 Å². The summed E-state index contributed by atoms with van der Waals surface area (Å²) < 4.78 is 0. The predicted octanol–water partition coefficient (Wildman–Crippen LogP) is 1.81. The number of likely N-dealkylation sites (tertiary alicyclic amines) is 1. The Balaban J connectivity index is 2.19. The standard InChI is InChI=1S/C11H24N2S/c1-10(6-9-14-3)13-7-4-11(12-2)5-8-13/h10-12H,4-9H2,1-3H3. The number of hydrogen-bond donors (Lipinski definition) is 1. The van der Waals surface area contributed by atoms with Gasteiger partial charge in [0.05, 0.1) is 0 Å². The fraction of sp³-hybridized carbons (Fsp3) is 1.00. The Labute approximate surface area is 92.8 Å². The van der Waals surface area contributed by atoms with Crippen LogP contribution >= 0.6 is 11.8 Å². The van der Waals surface area contributed by atoms with Gasteiger partial charge in [-0.3, -0.25) is 0 Å². The van der Waals surface area contributed by atoms with Gasteiger partial charge in [-0.25, -0.2) is 0 Å². The van der Waals surface area contributed by atoms with E-state index in [0.717, 1.165) is 12.1 Å². The molecule has 0 spiro atoms. The average Bonchev–Trinajstić information content (AvgIpc) is 2.26. The first-order valence-corrected chi connectivity index (χ1v) is 7.07. The number of hydrogen-bond acceptors (Lipinski definition) is 3. The highest BCUT2D eigenvalue weighted by atomic mass is 32.2. The van der Waals surface area contributed by atoms with E-state index in [1.165, 1.54) is 38.1 Å². The monoisotopic (exact) mass is 216 g/mol. The molecule has 0 radical (unpaired) electrons. The summed E-state index contributed by atoms with van der Waals surface area (Å²) in [4.78, 5) is 2.64. The lowest BCUT2D eigenvalue weighted by Crippen LogP contribution is -2.45. The number of nitrogens with zero attached hydrogens (tertiary/aromatic N) is 1. The molecule has 1 aliphatic heterocycles. The molecule has 2 nitrogen and oxygen atoms in total. The van der Waals surface area contributed by atoms with Gasteiger partial charge >= 0.3 is 0 Å². The first kappa shape index (κ1) is 12.3. The van der Waals surface area contributed by atoms with Gasteiger partial charge < -0.3 is 10.2 Å². The normalized spacial score (nSPS) is 22.5. The zero-order chi connectivity index (χ0) is 10.4. The first-order chi connectivity index (χ1) is 6.77. The van der Waals surface area contributed by atoms with Crippen LogP contribution in [0.25, 0.3) is 0 Å². The zero-order valence-electron chi connectivity index (χ0n) is 9.75. The van der Waals surface area contributed by atoms with E-state index in [1.54, 1.807) is 0 Å². The fourth-order valence-electron chi connectivity index (χ4n) is 2.10. The van der Waals surface area contributed by atoms with Crippen LogP contribution in [-0.2, 0) is 0 Å². The molecule has 1 heterocycles. The van der Waals surface area contributed by atoms with Crippen LogP contribution in [0.2, 0.25) is 0 Å². The summed E-state index contributed by atoms with van der Waals surface area (Å²) in [5.74, 6) is 1.30. The molecule has 0 aromatic carbocycles. The zero-order valence-corrected chi connectivity index (χ0v) is 10.6. The topological polar surface area (TPSA) is 15.3 Å². The average molecular weight is 216 g/mol. The van der Waals surface area contributed by atoms with Crippen LogP contribution in [0.15, 0.2) is 0 Å². The van der Waals surface area contributed by atoms with Gasteiger partial charge in [0.1, 0.15) is 0 Å². The van der Waals surface area contributed by atoms with Gasteiger partial charge in [-0.2, -0.15) is 11.8 Å². The molecule has 84 valence electrons. The molecule has 1 saturated heterocycles.